The van der Waals surface area contributed by atoms with Crippen LogP contribution in [0.2, 0.25) is 0 Å². The molecule has 0 unspecified atom stereocenters. The van der Waals surface area contributed by atoms with Gasteiger partial charge in [0, 0.05) is 31.5 Å². The van der Waals surface area contributed by atoms with E-state index in [2.05, 4.69) is 15.0 Å². The van der Waals surface area contributed by atoms with E-state index in [1.165, 1.54) is 12.3 Å². The second-order valence-electron chi connectivity index (χ2n) is 3.78. The number of anilines is 2. The van der Waals surface area contributed by atoms with Crippen LogP contribution >= 0.6 is 0 Å². The Morgan fingerprint density at radius 1 is 1.24 bits per heavy atom. The van der Waals surface area contributed by atoms with E-state index in [0.717, 1.165) is 11.4 Å². The van der Waals surface area contributed by atoms with Gasteiger partial charge >= 0.3 is 0 Å². The van der Waals surface area contributed by atoms with Crippen LogP contribution in [0.25, 0.3) is 0 Å². The maximum atomic E-state index is 11.6. The lowest BCUT2D eigenvalue weighted by molar-refractivity contribution is 0.101. The Balaban J connectivity index is 2.07. The lowest BCUT2D eigenvalue weighted by Gasteiger charge is -2.12. The highest BCUT2D eigenvalue weighted by Crippen LogP contribution is 2.16. The maximum Gasteiger partial charge on any atom is 0.277 e. The van der Waals surface area contributed by atoms with Gasteiger partial charge in [0.1, 0.15) is 6.26 Å². The van der Waals surface area contributed by atoms with Gasteiger partial charge in [-0.2, -0.15) is 0 Å². The normalized spacial score (nSPS) is 10.0. The first-order chi connectivity index (χ1) is 8.16. The van der Waals surface area contributed by atoms with Crippen molar-refractivity contribution in [2.45, 2.75) is 0 Å². The molecule has 0 spiro atoms. The standard InChI is InChI=1S/C12H13N3O2/c1-15(2)10-5-3-9(4-6-10)13-12(16)11-7-8-17-14-11/h3-8H,1-2H3,(H,13,16). The summed E-state index contributed by atoms with van der Waals surface area (Å²) in [5.74, 6) is -0.281. The molecule has 0 saturated carbocycles. The third-order valence-corrected chi connectivity index (χ3v) is 2.31. The van der Waals surface area contributed by atoms with Gasteiger partial charge in [-0.3, -0.25) is 4.79 Å². The lowest BCUT2D eigenvalue weighted by Crippen LogP contribution is -2.12. The molecule has 0 fully saturated rings. The zero-order valence-corrected chi connectivity index (χ0v) is 9.68. The smallest absolute Gasteiger partial charge is 0.277 e. The molecule has 1 amide bonds. The Labute approximate surface area is 99.0 Å². The van der Waals surface area contributed by atoms with Gasteiger partial charge in [0.2, 0.25) is 0 Å². The quantitative estimate of drug-likeness (QED) is 0.877. The summed E-state index contributed by atoms with van der Waals surface area (Å²) >= 11 is 0. The predicted octanol–water partition coefficient (Wildman–Crippen LogP) is 1.99. The van der Waals surface area contributed by atoms with Crippen LogP contribution in [0.4, 0.5) is 11.4 Å². The van der Waals surface area contributed by atoms with Crippen LogP contribution in [0.1, 0.15) is 10.5 Å². The average molecular weight is 231 g/mol. The monoisotopic (exact) mass is 231 g/mol. The molecule has 0 aliphatic rings. The van der Waals surface area contributed by atoms with Crippen molar-refractivity contribution in [1.29, 1.82) is 0 Å². The molecule has 5 nitrogen and oxygen atoms in total. The number of carbonyl (C=O) groups is 1. The Kier molecular flexibility index (Phi) is 3.09. The van der Waals surface area contributed by atoms with Crippen LogP contribution in [-0.4, -0.2) is 25.2 Å². The van der Waals surface area contributed by atoms with Crippen LogP contribution in [0, 0.1) is 0 Å². The van der Waals surface area contributed by atoms with Gasteiger partial charge in [-0.25, -0.2) is 0 Å². The van der Waals surface area contributed by atoms with Crippen LogP contribution in [0.3, 0.4) is 0 Å². The summed E-state index contributed by atoms with van der Waals surface area (Å²) in [5, 5.41) is 6.29. The first-order valence-corrected chi connectivity index (χ1v) is 5.16. The molecule has 1 aromatic carbocycles. The zero-order chi connectivity index (χ0) is 12.3. The largest absolute Gasteiger partial charge is 0.378 e. The van der Waals surface area contributed by atoms with Crippen molar-refractivity contribution in [1.82, 2.24) is 5.16 Å². The van der Waals surface area contributed by atoms with E-state index in [-0.39, 0.29) is 11.6 Å². The number of hydrogen-bond donors (Lipinski definition) is 1. The minimum atomic E-state index is -0.281. The molecule has 1 N–H and O–H groups in total. The number of benzene rings is 1. The topological polar surface area (TPSA) is 58.4 Å². The van der Waals surface area contributed by atoms with Gasteiger partial charge < -0.3 is 14.7 Å². The Morgan fingerprint density at radius 2 is 1.94 bits per heavy atom. The van der Waals surface area contributed by atoms with E-state index in [4.69, 9.17) is 0 Å². The first-order valence-electron chi connectivity index (χ1n) is 5.16. The molecule has 1 aromatic heterocycles. The third kappa shape index (κ3) is 2.63. The summed E-state index contributed by atoms with van der Waals surface area (Å²) < 4.78 is 4.61. The molecule has 0 saturated heterocycles. The average Bonchev–Trinajstić information content (AvgIpc) is 2.83. The lowest BCUT2D eigenvalue weighted by atomic mass is 10.2. The second kappa shape index (κ2) is 4.69. The summed E-state index contributed by atoms with van der Waals surface area (Å²) in [7, 11) is 3.92. The summed E-state index contributed by atoms with van der Waals surface area (Å²) in [6, 6.07) is 9.06. The van der Waals surface area contributed by atoms with Crippen molar-refractivity contribution in [3.63, 3.8) is 0 Å². The zero-order valence-electron chi connectivity index (χ0n) is 9.68. The highest BCUT2D eigenvalue weighted by atomic mass is 16.5. The van der Waals surface area contributed by atoms with Gasteiger partial charge in [-0.15, -0.1) is 0 Å². The number of aromatic nitrogens is 1. The van der Waals surface area contributed by atoms with E-state index in [9.17, 15) is 4.79 Å². The van der Waals surface area contributed by atoms with Crippen LogP contribution in [0.15, 0.2) is 41.1 Å². The number of nitrogens with zero attached hydrogens (tertiary/aromatic N) is 2. The number of rotatable bonds is 3. The maximum absolute atomic E-state index is 11.6. The van der Waals surface area contributed by atoms with Crippen LogP contribution in [-0.2, 0) is 0 Å². The van der Waals surface area contributed by atoms with E-state index >= 15 is 0 Å². The summed E-state index contributed by atoms with van der Waals surface area (Å²) in [4.78, 5) is 13.6. The second-order valence-corrected chi connectivity index (χ2v) is 3.78. The molecule has 2 aromatic rings. The fraction of sp³-hybridized carbons (Fsp3) is 0.167. The van der Waals surface area contributed by atoms with Crippen molar-refractivity contribution in [3.05, 3.63) is 42.3 Å². The fourth-order valence-electron chi connectivity index (χ4n) is 1.37. The van der Waals surface area contributed by atoms with Crippen molar-refractivity contribution < 1.29 is 9.32 Å². The molecule has 17 heavy (non-hydrogen) atoms. The summed E-state index contributed by atoms with van der Waals surface area (Å²) in [6.45, 7) is 0. The van der Waals surface area contributed by atoms with Gasteiger partial charge in [0.25, 0.3) is 5.91 Å². The predicted molar refractivity (Wildman–Crippen MR) is 65.2 cm³/mol. The Bertz CT molecular complexity index is 489. The molecule has 0 aliphatic carbocycles. The van der Waals surface area contributed by atoms with E-state index < -0.39 is 0 Å². The SMILES string of the molecule is CN(C)c1ccc(NC(=O)c2ccon2)cc1. The van der Waals surface area contributed by atoms with Crippen molar-refractivity contribution in [3.8, 4) is 0 Å². The van der Waals surface area contributed by atoms with Gasteiger partial charge in [-0.05, 0) is 24.3 Å². The Morgan fingerprint density at radius 3 is 2.47 bits per heavy atom. The molecule has 0 aliphatic heterocycles. The molecular weight excluding hydrogens is 218 g/mol. The van der Waals surface area contributed by atoms with Crippen molar-refractivity contribution in [2.24, 2.45) is 0 Å². The highest BCUT2D eigenvalue weighted by molar-refractivity contribution is 6.02. The Hall–Kier alpha value is -2.30. The number of amides is 1. The summed E-state index contributed by atoms with van der Waals surface area (Å²) in [6.07, 6.45) is 1.37. The highest BCUT2D eigenvalue weighted by Gasteiger charge is 2.08. The molecule has 2 rings (SSSR count). The van der Waals surface area contributed by atoms with Crippen LogP contribution in [0.5, 0.6) is 0 Å². The number of hydrogen-bond acceptors (Lipinski definition) is 4. The third-order valence-electron chi connectivity index (χ3n) is 2.31. The summed E-state index contributed by atoms with van der Waals surface area (Å²) in [5.41, 5.74) is 2.06. The minimum Gasteiger partial charge on any atom is -0.378 e. The molecule has 1 heterocycles. The van der Waals surface area contributed by atoms with Gasteiger partial charge in [0.15, 0.2) is 5.69 Å². The molecule has 0 radical (unpaired) electrons. The van der Waals surface area contributed by atoms with E-state index in [1.807, 2.05) is 43.3 Å². The van der Waals surface area contributed by atoms with Gasteiger partial charge in [-0.1, -0.05) is 5.16 Å². The van der Waals surface area contributed by atoms with Crippen molar-refractivity contribution >= 4 is 17.3 Å². The molecule has 0 bridgehead atoms. The van der Waals surface area contributed by atoms with Crippen molar-refractivity contribution in [2.75, 3.05) is 24.3 Å². The van der Waals surface area contributed by atoms with Gasteiger partial charge in [0.05, 0.1) is 0 Å². The first kappa shape index (κ1) is 11.2. The van der Waals surface area contributed by atoms with E-state index in [1.54, 1.807) is 0 Å². The molecular formula is C12H13N3O2. The van der Waals surface area contributed by atoms with E-state index in [0.29, 0.717) is 0 Å². The minimum absolute atomic E-state index is 0.265. The fourth-order valence-corrected chi connectivity index (χ4v) is 1.37. The molecule has 88 valence electrons. The number of carbonyl (C=O) groups excluding carboxylic acids is 1. The molecule has 0 atom stereocenters. The molecule has 5 heteroatoms. The van der Waals surface area contributed by atoms with Crippen LogP contribution < -0.4 is 10.2 Å². The number of nitrogens with one attached hydrogen (secondary N) is 1.